The van der Waals surface area contributed by atoms with E-state index in [0.29, 0.717) is 0 Å². The van der Waals surface area contributed by atoms with Crippen molar-refractivity contribution in [1.29, 1.82) is 0 Å². The molecule has 25 heteroatoms. The standard InChI is InChI=1S/C28H39FN10O11P2Si/c1-27(2,3)53(4,5)50-19-17(38-10-35-16-23(38)36-26(31)37-24(16)40)12-6-28(12)8-46-52(43,44)48-18-13(7-45-51(41,42)49-20(19)28)47-25(14(18)29)39-11-34-15-21(30)32-9-33-22(15)39/h9-14,17-20,25H,6-8H2,1-5H3,(H,41,42)(H,43,44)(H2,30,32,33)(H3,31,36,37,40)/t12-,13-,14-,17-,18-,19+,20+,25-,28-/m1/s1. The second-order valence-corrected chi connectivity index (χ2v) is 22.9. The summed E-state index contributed by atoms with van der Waals surface area (Å²) < 4.78 is 81.8. The van der Waals surface area contributed by atoms with E-state index in [9.17, 15) is 23.7 Å². The number of nitrogens with one attached hydrogen (secondary N) is 1. The van der Waals surface area contributed by atoms with Gasteiger partial charge in [0.2, 0.25) is 5.95 Å². The second kappa shape index (κ2) is 12.1. The molecule has 4 aromatic rings. The zero-order valence-electron chi connectivity index (χ0n) is 29.1. The molecule has 4 aliphatic rings. The molecule has 4 fully saturated rings. The number of nitrogens with zero attached hydrogens (tertiary/aromatic N) is 7. The number of imidazole rings is 2. The van der Waals surface area contributed by atoms with Crippen LogP contribution in [0.4, 0.5) is 16.2 Å². The van der Waals surface area contributed by atoms with Crippen LogP contribution in [0.5, 0.6) is 0 Å². The third-order valence-electron chi connectivity index (χ3n) is 11.1. The van der Waals surface area contributed by atoms with Crippen LogP contribution in [0.3, 0.4) is 0 Å². The smallest absolute Gasteiger partial charge is 0.409 e. The number of anilines is 2. The van der Waals surface area contributed by atoms with Crippen molar-refractivity contribution < 1.29 is 50.6 Å². The highest BCUT2D eigenvalue weighted by Gasteiger charge is 2.75. The number of halogens is 1. The van der Waals surface area contributed by atoms with Gasteiger partial charge in [0.25, 0.3) is 5.56 Å². The lowest BCUT2D eigenvalue weighted by molar-refractivity contribution is -0.0645. The zero-order valence-corrected chi connectivity index (χ0v) is 31.9. The van der Waals surface area contributed by atoms with E-state index in [0.717, 1.165) is 6.33 Å². The second-order valence-electron chi connectivity index (χ2n) is 15.3. The van der Waals surface area contributed by atoms with Gasteiger partial charge in [-0.3, -0.25) is 32.4 Å². The molecular formula is C28H39FN10O11P2Si. The zero-order chi connectivity index (χ0) is 38.0. The third-order valence-corrected chi connectivity index (χ3v) is 17.5. The van der Waals surface area contributed by atoms with Crippen LogP contribution in [-0.2, 0) is 36.4 Å². The molecule has 2 unspecified atom stereocenters. The van der Waals surface area contributed by atoms with Gasteiger partial charge >= 0.3 is 15.6 Å². The number of H-pyrrole nitrogens is 1. The van der Waals surface area contributed by atoms with E-state index in [-0.39, 0.29) is 45.6 Å². The average molecular weight is 801 g/mol. The number of hydrogen-bond donors (Lipinski definition) is 5. The van der Waals surface area contributed by atoms with Gasteiger partial charge in [0.05, 0.1) is 38.0 Å². The third kappa shape index (κ3) is 6.06. The summed E-state index contributed by atoms with van der Waals surface area (Å²) in [4.78, 5) is 58.2. The van der Waals surface area contributed by atoms with Gasteiger partial charge in [-0.1, -0.05) is 20.8 Å². The van der Waals surface area contributed by atoms with Crippen molar-refractivity contribution in [3.05, 3.63) is 29.3 Å². The van der Waals surface area contributed by atoms with Gasteiger partial charge in [0.15, 0.2) is 43.3 Å². The minimum absolute atomic E-state index is 0.00214. The highest BCUT2D eigenvalue weighted by molar-refractivity contribution is 7.47. The number of aromatic nitrogens is 8. The molecule has 8 rings (SSSR count). The molecule has 0 bridgehead atoms. The van der Waals surface area contributed by atoms with E-state index in [1.54, 1.807) is 4.57 Å². The fourth-order valence-corrected chi connectivity index (χ4v) is 10.7. The number of ether oxygens (including phenoxy) is 1. The molecule has 0 radical (unpaired) electrons. The average Bonchev–Trinajstić information content (AvgIpc) is 3.32. The fourth-order valence-electron chi connectivity index (χ4n) is 7.41. The van der Waals surface area contributed by atoms with Crippen LogP contribution in [0, 0.1) is 11.3 Å². The topological polar surface area (TPSA) is 289 Å². The van der Waals surface area contributed by atoms with Crippen LogP contribution in [0.25, 0.3) is 22.3 Å². The Labute approximate surface area is 300 Å². The molecular weight excluding hydrogens is 761 g/mol. The Balaban J connectivity index is 1.17. The Bertz CT molecular complexity index is 2270. The first-order valence-corrected chi connectivity index (χ1v) is 22.6. The number of phosphoric ester groups is 2. The molecule has 2 aliphatic heterocycles. The lowest BCUT2D eigenvalue weighted by atomic mass is 10.0. The molecule has 2 saturated heterocycles. The van der Waals surface area contributed by atoms with Crippen LogP contribution < -0.4 is 17.0 Å². The highest BCUT2D eigenvalue weighted by Crippen LogP contribution is 2.73. The van der Waals surface area contributed by atoms with E-state index >= 15 is 4.39 Å². The number of rotatable bonds is 4. The number of hydrogen-bond acceptors (Lipinski definition) is 16. The first-order valence-electron chi connectivity index (χ1n) is 16.7. The van der Waals surface area contributed by atoms with Crippen LogP contribution in [-0.4, -0.2) is 101 Å². The molecule has 2 aliphatic carbocycles. The summed E-state index contributed by atoms with van der Waals surface area (Å²) in [6, 6.07) is -0.734. The number of fused-ring (bicyclic) bond motifs is 3. The number of phosphoric acid groups is 2. The fraction of sp³-hybridized carbons (Fsp3) is 0.643. The maximum Gasteiger partial charge on any atom is 0.472 e. The van der Waals surface area contributed by atoms with Crippen molar-refractivity contribution in [2.75, 3.05) is 24.7 Å². The first-order chi connectivity index (χ1) is 24.7. The largest absolute Gasteiger partial charge is 0.472 e. The van der Waals surface area contributed by atoms with E-state index in [2.05, 4.69) is 29.9 Å². The minimum Gasteiger partial charge on any atom is -0.409 e. The summed E-state index contributed by atoms with van der Waals surface area (Å²) in [7, 11) is -12.8. The van der Waals surface area contributed by atoms with E-state index in [4.69, 9.17) is 38.7 Å². The Morgan fingerprint density at radius 1 is 1.04 bits per heavy atom. The summed E-state index contributed by atoms with van der Waals surface area (Å²) in [5, 5.41) is -0.350. The summed E-state index contributed by atoms with van der Waals surface area (Å²) in [6.07, 6.45) is -5.33. The van der Waals surface area contributed by atoms with Gasteiger partial charge < -0.3 is 35.0 Å². The molecule has 4 aromatic heterocycles. The molecule has 53 heavy (non-hydrogen) atoms. The Morgan fingerprint density at radius 3 is 2.47 bits per heavy atom. The molecule has 21 nitrogen and oxygen atoms in total. The van der Waals surface area contributed by atoms with Crippen molar-refractivity contribution >= 4 is 58.1 Å². The molecule has 0 amide bonds. The normalized spacial score (nSPS) is 37.9. The van der Waals surface area contributed by atoms with Gasteiger partial charge in [-0.25, -0.2) is 33.5 Å². The number of nitrogens with two attached hydrogens (primary N) is 2. The predicted octanol–water partition coefficient (Wildman–Crippen LogP) is 2.33. The number of alkyl halides is 1. The van der Waals surface area contributed by atoms with E-state index in [1.807, 2.05) is 33.9 Å². The Morgan fingerprint density at radius 2 is 1.74 bits per heavy atom. The van der Waals surface area contributed by atoms with Gasteiger partial charge in [0.1, 0.15) is 30.2 Å². The molecule has 1 spiro atoms. The van der Waals surface area contributed by atoms with Crippen LogP contribution in [0.15, 0.2) is 23.8 Å². The molecule has 6 heterocycles. The van der Waals surface area contributed by atoms with Crippen molar-refractivity contribution in [3.8, 4) is 0 Å². The van der Waals surface area contributed by atoms with Crippen LogP contribution in [0.2, 0.25) is 18.1 Å². The van der Waals surface area contributed by atoms with Crippen molar-refractivity contribution in [3.63, 3.8) is 0 Å². The first kappa shape index (κ1) is 36.7. The Kier molecular flexibility index (Phi) is 8.42. The highest BCUT2D eigenvalue weighted by atomic mass is 31.2. The predicted molar refractivity (Wildman–Crippen MR) is 184 cm³/mol. The number of aromatic amines is 1. The number of nitrogen functional groups attached to an aromatic ring is 2. The lowest BCUT2D eigenvalue weighted by Gasteiger charge is -2.43. The molecule has 7 N–H and O–H groups in total. The molecule has 11 atom stereocenters. The van der Waals surface area contributed by atoms with Gasteiger partial charge in [-0.05, 0) is 30.5 Å². The molecule has 2 saturated carbocycles. The molecule has 0 aromatic carbocycles. The SMILES string of the molecule is CC(C)(C)[Si](C)(C)O[C@H]1[C@H](n2cnc3c(=O)[nH]c(N)nc32)[C@H]2C[C@@]23COP(=O)(O)O[C@H]2[C@@H](F)[C@H](n4cnc5c(N)ncnc54)O[C@@H]2COP(=O)(O)O[C@@H]13. The van der Waals surface area contributed by atoms with Gasteiger partial charge in [-0.15, -0.1) is 0 Å². The lowest BCUT2D eigenvalue weighted by Crippen LogP contribution is -2.50. The summed E-state index contributed by atoms with van der Waals surface area (Å²) in [6.45, 7) is 8.65. The minimum atomic E-state index is -5.08. The van der Waals surface area contributed by atoms with Crippen LogP contribution in [0.1, 0.15) is 39.5 Å². The van der Waals surface area contributed by atoms with Crippen molar-refractivity contribution in [2.45, 2.75) is 88.2 Å². The summed E-state index contributed by atoms with van der Waals surface area (Å²) in [5.74, 6) is -0.627. The van der Waals surface area contributed by atoms with E-state index in [1.165, 1.54) is 17.2 Å². The van der Waals surface area contributed by atoms with Gasteiger partial charge in [-0.2, -0.15) is 4.98 Å². The Hall–Kier alpha value is -3.21. The monoisotopic (exact) mass is 800 g/mol. The molecule has 288 valence electrons. The summed E-state index contributed by atoms with van der Waals surface area (Å²) in [5.41, 5.74) is 10.4. The summed E-state index contributed by atoms with van der Waals surface area (Å²) >= 11 is 0. The maximum atomic E-state index is 16.2. The van der Waals surface area contributed by atoms with Gasteiger partial charge in [0, 0.05) is 5.41 Å². The maximum absolute atomic E-state index is 16.2. The van der Waals surface area contributed by atoms with Crippen LogP contribution >= 0.6 is 15.6 Å². The van der Waals surface area contributed by atoms with Crippen molar-refractivity contribution in [2.24, 2.45) is 11.3 Å². The quantitative estimate of drug-likeness (QED) is 0.146. The van der Waals surface area contributed by atoms with E-state index < -0.39 is 96.9 Å². The van der Waals surface area contributed by atoms with Crippen molar-refractivity contribution in [1.82, 2.24) is 39.0 Å².